The number of aromatic nitrogens is 1. The molecule has 2 aliphatic rings. The van der Waals surface area contributed by atoms with Crippen molar-refractivity contribution in [1.29, 1.82) is 0 Å². The molecule has 3 aromatic heterocycles. The molecule has 6 nitrogen and oxygen atoms in total. The zero-order valence-corrected chi connectivity index (χ0v) is 22.1. The van der Waals surface area contributed by atoms with Gasteiger partial charge >= 0.3 is 0 Å². The van der Waals surface area contributed by atoms with Crippen molar-refractivity contribution in [3.05, 3.63) is 46.9 Å². The number of hydrogen-bond donors (Lipinski definition) is 1. The second kappa shape index (κ2) is 9.49. The van der Waals surface area contributed by atoms with Gasteiger partial charge in [-0.25, -0.2) is 0 Å². The highest BCUT2D eigenvalue weighted by Crippen LogP contribution is 2.38. The number of hydrogen-bond acceptors (Lipinski definition) is 4. The molecule has 1 N–H and O–H groups in total. The van der Waals surface area contributed by atoms with Crippen LogP contribution in [0.15, 0.2) is 34.9 Å². The SMILES string of the molecule is CCc1cc2c(cc3n2C[C@@](C)(C(=O)NC2CCC(C)CC2)N([C@H](C)CCc2ccco2)C3=O)s1. The maximum atomic E-state index is 14.0. The minimum atomic E-state index is -0.962. The fraction of sp³-hybridized carbons (Fsp3) is 0.571. The normalized spacial score (nSPS) is 25.6. The molecule has 1 aliphatic carbocycles. The second-order valence-corrected chi connectivity index (χ2v) is 11.9. The molecule has 2 atom stereocenters. The predicted molar refractivity (Wildman–Crippen MR) is 140 cm³/mol. The van der Waals surface area contributed by atoms with Gasteiger partial charge in [0.25, 0.3) is 5.91 Å². The summed E-state index contributed by atoms with van der Waals surface area (Å²) < 4.78 is 8.74. The van der Waals surface area contributed by atoms with E-state index in [1.807, 2.05) is 30.0 Å². The summed E-state index contributed by atoms with van der Waals surface area (Å²) in [7, 11) is 0. The summed E-state index contributed by atoms with van der Waals surface area (Å²) in [5.41, 5.74) is 0.801. The number of carbonyl (C=O) groups is 2. The molecule has 1 saturated carbocycles. The summed E-state index contributed by atoms with van der Waals surface area (Å²) in [5, 5.41) is 3.35. The van der Waals surface area contributed by atoms with Crippen LogP contribution in [0.25, 0.3) is 10.2 Å². The van der Waals surface area contributed by atoms with E-state index < -0.39 is 5.54 Å². The van der Waals surface area contributed by atoms with Gasteiger partial charge in [-0.05, 0) is 82.6 Å². The first-order valence-electron chi connectivity index (χ1n) is 13.1. The lowest BCUT2D eigenvalue weighted by Gasteiger charge is -2.47. The molecule has 4 heterocycles. The zero-order chi connectivity index (χ0) is 24.7. The number of nitrogens with zero attached hydrogens (tertiary/aromatic N) is 2. The average molecular weight is 496 g/mol. The Morgan fingerprint density at radius 2 is 2.06 bits per heavy atom. The Kier molecular flexibility index (Phi) is 6.55. The van der Waals surface area contributed by atoms with E-state index in [1.165, 1.54) is 4.88 Å². The van der Waals surface area contributed by atoms with E-state index in [0.29, 0.717) is 12.2 Å². The number of thiophene rings is 1. The number of aryl methyl sites for hydroxylation is 2. The van der Waals surface area contributed by atoms with E-state index in [2.05, 4.69) is 36.7 Å². The number of fused-ring (bicyclic) bond motifs is 3. The van der Waals surface area contributed by atoms with Crippen molar-refractivity contribution in [2.24, 2.45) is 5.92 Å². The van der Waals surface area contributed by atoms with E-state index in [9.17, 15) is 9.59 Å². The van der Waals surface area contributed by atoms with E-state index in [4.69, 9.17) is 4.42 Å². The van der Waals surface area contributed by atoms with Crippen LogP contribution in [0.2, 0.25) is 0 Å². The van der Waals surface area contributed by atoms with E-state index in [-0.39, 0.29) is 23.9 Å². The van der Waals surface area contributed by atoms with Crippen LogP contribution in [0, 0.1) is 5.92 Å². The Morgan fingerprint density at radius 1 is 1.29 bits per heavy atom. The molecule has 3 aromatic rings. The first-order chi connectivity index (χ1) is 16.8. The average Bonchev–Trinajstić information content (AvgIpc) is 3.56. The highest BCUT2D eigenvalue weighted by Gasteiger charge is 2.50. The topological polar surface area (TPSA) is 67.5 Å². The lowest BCUT2D eigenvalue weighted by atomic mass is 9.86. The summed E-state index contributed by atoms with van der Waals surface area (Å²) in [6, 6.07) is 8.14. The van der Waals surface area contributed by atoms with Gasteiger partial charge in [0.1, 0.15) is 17.0 Å². The quantitative estimate of drug-likeness (QED) is 0.451. The smallest absolute Gasteiger partial charge is 0.271 e. The van der Waals surface area contributed by atoms with Crippen LogP contribution in [0.4, 0.5) is 0 Å². The number of carbonyl (C=O) groups excluding carboxylic acids is 2. The van der Waals surface area contributed by atoms with Crippen LogP contribution in [0.1, 0.15) is 80.9 Å². The van der Waals surface area contributed by atoms with Crippen LogP contribution in [-0.4, -0.2) is 38.9 Å². The van der Waals surface area contributed by atoms with Crippen molar-refractivity contribution in [1.82, 2.24) is 14.8 Å². The minimum absolute atomic E-state index is 0.0336. The third-order valence-corrected chi connectivity index (χ3v) is 9.31. The van der Waals surface area contributed by atoms with Crippen molar-refractivity contribution in [3.8, 4) is 0 Å². The molecule has 0 spiro atoms. The predicted octanol–water partition coefficient (Wildman–Crippen LogP) is 5.79. The summed E-state index contributed by atoms with van der Waals surface area (Å²) >= 11 is 1.74. The number of furan rings is 1. The van der Waals surface area contributed by atoms with Crippen molar-refractivity contribution in [2.45, 2.75) is 96.8 Å². The summed E-state index contributed by atoms with van der Waals surface area (Å²) in [5.74, 6) is 1.53. The molecule has 1 aliphatic heterocycles. The number of amides is 2. The number of nitrogens with one attached hydrogen (secondary N) is 1. The van der Waals surface area contributed by atoms with Crippen LogP contribution in [-0.2, 0) is 24.2 Å². The molecule has 2 amide bonds. The van der Waals surface area contributed by atoms with Crippen LogP contribution in [0.5, 0.6) is 0 Å². The molecule has 35 heavy (non-hydrogen) atoms. The molecule has 0 unspecified atom stereocenters. The first kappa shape index (κ1) is 24.2. The van der Waals surface area contributed by atoms with Crippen LogP contribution in [0.3, 0.4) is 0 Å². The zero-order valence-electron chi connectivity index (χ0n) is 21.3. The molecule has 0 radical (unpaired) electrons. The van der Waals surface area contributed by atoms with E-state index >= 15 is 0 Å². The second-order valence-electron chi connectivity index (χ2n) is 10.8. The fourth-order valence-electron chi connectivity index (χ4n) is 5.89. The molecular weight excluding hydrogens is 458 g/mol. The lowest BCUT2D eigenvalue weighted by molar-refractivity contribution is -0.135. The van der Waals surface area contributed by atoms with E-state index in [1.54, 1.807) is 17.6 Å². The van der Waals surface area contributed by atoms with Gasteiger partial charge < -0.3 is 19.2 Å². The van der Waals surface area contributed by atoms with Crippen LogP contribution < -0.4 is 5.32 Å². The van der Waals surface area contributed by atoms with Crippen molar-refractivity contribution in [3.63, 3.8) is 0 Å². The standard InChI is InChI=1S/C28H37N3O3S/c1-5-22-15-23-25(35-22)16-24-26(32)31(19(3)10-13-21-7-6-14-34-21)28(4,17-30(23)24)27(33)29-20-11-8-18(2)9-12-20/h6-7,14-16,18-20H,5,8-13,17H2,1-4H3,(H,29,33)/t18?,19-,20?,28+/m1/s1. The van der Waals surface area contributed by atoms with Gasteiger partial charge in [-0.15, -0.1) is 11.3 Å². The van der Waals surface area contributed by atoms with Crippen LogP contribution >= 0.6 is 11.3 Å². The third kappa shape index (κ3) is 4.44. The largest absolute Gasteiger partial charge is 0.469 e. The summed E-state index contributed by atoms with van der Waals surface area (Å²) in [6.45, 7) is 8.92. The van der Waals surface area contributed by atoms with Gasteiger partial charge in [0, 0.05) is 23.4 Å². The minimum Gasteiger partial charge on any atom is -0.469 e. The maximum Gasteiger partial charge on any atom is 0.271 e. The van der Waals surface area contributed by atoms with Crippen molar-refractivity contribution in [2.75, 3.05) is 0 Å². The molecule has 0 saturated heterocycles. The maximum absolute atomic E-state index is 14.0. The Balaban J connectivity index is 1.47. The highest BCUT2D eigenvalue weighted by molar-refractivity contribution is 7.19. The third-order valence-electron chi connectivity index (χ3n) is 8.09. The molecule has 0 aromatic carbocycles. The Morgan fingerprint density at radius 3 is 2.74 bits per heavy atom. The molecule has 188 valence electrons. The van der Waals surface area contributed by atoms with Gasteiger partial charge in [-0.1, -0.05) is 13.8 Å². The molecule has 5 rings (SSSR count). The monoisotopic (exact) mass is 495 g/mol. The van der Waals surface area contributed by atoms with Gasteiger partial charge in [-0.3, -0.25) is 9.59 Å². The van der Waals surface area contributed by atoms with Gasteiger partial charge in [0.2, 0.25) is 5.91 Å². The molecular formula is C28H37N3O3S. The summed E-state index contributed by atoms with van der Waals surface area (Å²) in [4.78, 5) is 31.1. The first-order valence-corrected chi connectivity index (χ1v) is 13.9. The lowest BCUT2D eigenvalue weighted by Crippen LogP contribution is -2.67. The van der Waals surface area contributed by atoms with Gasteiger partial charge in [0.15, 0.2) is 0 Å². The number of rotatable bonds is 7. The molecule has 1 fully saturated rings. The Labute approximate surface area is 211 Å². The Hall–Kier alpha value is -2.54. The van der Waals surface area contributed by atoms with Crippen molar-refractivity contribution < 1.29 is 14.0 Å². The van der Waals surface area contributed by atoms with Gasteiger partial charge in [-0.2, -0.15) is 0 Å². The van der Waals surface area contributed by atoms with Crippen molar-refractivity contribution >= 4 is 33.4 Å². The fourth-order valence-corrected chi connectivity index (χ4v) is 6.94. The summed E-state index contributed by atoms with van der Waals surface area (Å²) in [6.07, 6.45) is 8.41. The molecule has 0 bridgehead atoms. The van der Waals surface area contributed by atoms with Gasteiger partial charge in [0.05, 0.1) is 23.0 Å². The molecule has 7 heteroatoms. The van der Waals surface area contributed by atoms with E-state index in [0.717, 1.165) is 66.8 Å². The highest BCUT2D eigenvalue weighted by atomic mass is 32.1. The Bertz CT molecular complexity index is 1200.